The topological polar surface area (TPSA) is 46.3 Å². The van der Waals surface area contributed by atoms with Gasteiger partial charge in [0.05, 0.1) is 0 Å². The summed E-state index contributed by atoms with van der Waals surface area (Å²) in [5.74, 6) is 0.768. The molecule has 2 rings (SSSR count). The van der Waals surface area contributed by atoms with Crippen molar-refractivity contribution in [1.29, 1.82) is 0 Å². The second kappa shape index (κ2) is 4.66. The number of carbonyl (C=O) groups is 1. The Bertz CT molecular complexity index is 383. The predicted octanol–water partition coefficient (Wildman–Crippen LogP) is 1.42. The average molecular weight is 218 g/mol. The summed E-state index contributed by atoms with van der Waals surface area (Å²) in [7, 11) is 0. The van der Waals surface area contributed by atoms with Crippen LogP contribution in [0.5, 0.6) is 0 Å². The first-order valence-electron chi connectivity index (χ1n) is 5.77. The lowest BCUT2D eigenvalue weighted by Crippen LogP contribution is -2.50. The Morgan fingerprint density at radius 1 is 1.44 bits per heavy atom. The predicted molar refractivity (Wildman–Crippen MR) is 64.2 cm³/mol. The lowest BCUT2D eigenvalue weighted by molar-refractivity contribution is 0.0489. The molecule has 0 spiro atoms. The molecule has 1 amide bonds. The molecule has 0 unspecified atom stereocenters. The van der Waals surface area contributed by atoms with E-state index in [2.05, 4.69) is 0 Å². The Kier molecular flexibility index (Phi) is 3.25. The molecule has 1 aliphatic heterocycles. The first kappa shape index (κ1) is 11.1. The van der Waals surface area contributed by atoms with Crippen LogP contribution < -0.4 is 5.73 Å². The van der Waals surface area contributed by atoms with Crippen LogP contribution in [0.15, 0.2) is 24.3 Å². The van der Waals surface area contributed by atoms with E-state index in [1.807, 2.05) is 36.1 Å². The molecule has 1 aromatic rings. The number of nitrogens with two attached hydrogens (primary N) is 1. The normalized spacial score (nSPS) is 16.0. The fourth-order valence-corrected chi connectivity index (χ4v) is 2.14. The summed E-state index contributed by atoms with van der Waals surface area (Å²) in [6.45, 7) is 4.43. The monoisotopic (exact) mass is 218 g/mol. The number of likely N-dealkylation sites (tertiary alicyclic amines) is 1. The van der Waals surface area contributed by atoms with Crippen LogP contribution in [0.4, 0.5) is 0 Å². The number of hydrogen-bond donors (Lipinski definition) is 1. The third-order valence-electron chi connectivity index (χ3n) is 3.19. The van der Waals surface area contributed by atoms with Crippen LogP contribution in [-0.2, 0) is 0 Å². The Hall–Kier alpha value is -1.35. The molecule has 0 aliphatic carbocycles. The minimum atomic E-state index is 0.159. The Labute approximate surface area is 96.2 Å². The SMILES string of the molecule is Cc1ccccc1C(=O)N1CC(CCN)C1. The molecule has 0 aromatic heterocycles. The van der Waals surface area contributed by atoms with Crippen LogP contribution in [0.1, 0.15) is 22.3 Å². The number of carbonyl (C=O) groups excluding carboxylic acids is 1. The average Bonchev–Trinajstić information content (AvgIpc) is 2.22. The molecule has 86 valence electrons. The minimum Gasteiger partial charge on any atom is -0.338 e. The van der Waals surface area contributed by atoms with Crippen LogP contribution in [0.25, 0.3) is 0 Å². The number of rotatable bonds is 3. The summed E-state index contributed by atoms with van der Waals surface area (Å²) in [6, 6.07) is 7.75. The molecule has 1 heterocycles. The number of aryl methyl sites for hydroxylation is 1. The molecule has 1 saturated heterocycles. The first-order chi connectivity index (χ1) is 7.72. The van der Waals surface area contributed by atoms with Crippen LogP contribution in [0, 0.1) is 12.8 Å². The van der Waals surface area contributed by atoms with E-state index in [9.17, 15) is 4.79 Å². The second-order valence-corrected chi connectivity index (χ2v) is 4.47. The Balaban J connectivity index is 1.98. The van der Waals surface area contributed by atoms with Crippen molar-refractivity contribution in [3.05, 3.63) is 35.4 Å². The number of nitrogens with zero attached hydrogens (tertiary/aromatic N) is 1. The van der Waals surface area contributed by atoms with Gasteiger partial charge in [0.15, 0.2) is 0 Å². The molecule has 0 saturated carbocycles. The zero-order valence-electron chi connectivity index (χ0n) is 9.65. The van der Waals surface area contributed by atoms with E-state index in [1.165, 1.54) is 0 Å². The second-order valence-electron chi connectivity index (χ2n) is 4.47. The van der Waals surface area contributed by atoms with E-state index >= 15 is 0 Å². The summed E-state index contributed by atoms with van der Waals surface area (Å²) in [6.07, 6.45) is 1.03. The van der Waals surface area contributed by atoms with Gasteiger partial charge < -0.3 is 10.6 Å². The molecule has 0 bridgehead atoms. The summed E-state index contributed by atoms with van der Waals surface area (Å²) >= 11 is 0. The van der Waals surface area contributed by atoms with E-state index in [1.54, 1.807) is 0 Å². The van der Waals surface area contributed by atoms with Crippen LogP contribution >= 0.6 is 0 Å². The van der Waals surface area contributed by atoms with Crippen molar-refractivity contribution in [3.8, 4) is 0 Å². The highest BCUT2D eigenvalue weighted by Gasteiger charge is 2.30. The lowest BCUT2D eigenvalue weighted by atomic mass is 9.95. The molecule has 3 heteroatoms. The first-order valence-corrected chi connectivity index (χ1v) is 5.77. The van der Waals surface area contributed by atoms with Crippen LogP contribution in [0.3, 0.4) is 0 Å². The van der Waals surface area contributed by atoms with Gasteiger partial charge in [0.25, 0.3) is 5.91 Å². The third-order valence-corrected chi connectivity index (χ3v) is 3.19. The fourth-order valence-electron chi connectivity index (χ4n) is 2.14. The van der Waals surface area contributed by atoms with Gasteiger partial charge >= 0.3 is 0 Å². The van der Waals surface area contributed by atoms with Gasteiger partial charge in [0, 0.05) is 18.7 Å². The van der Waals surface area contributed by atoms with Gasteiger partial charge in [-0.2, -0.15) is 0 Å². The van der Waals surface area contributed by atoms with Crippen molar-refractivity contribution >= 4 is 5.91 Å². The number of hydrogen-bond acceptors (Lipinski definition) is 2. The maximum Gasteiger partial charge on any atom is 0.254 e. The standard InChI is InChI=1S/C13H18N2O/c1-10-4-2-3-5-12(10)13(16)15-8-11(9-15)6-7-14/h2-5,11H,6-9,14H2,1H3. The number of benzene rings is 1. The van der Waals surface area contributed by atoms with Gasteiger partial charge in [0.2, 0.25) is 0 Å². The van der Waals surface area contributed by atoms with Gasteiger partial charge in [-0.25, -0.2) is 0 Å². The molecule has 0 atom stereocenters. The summed E-state index contributed by atoms with van der Waals surface area (Å²) in [5.41, 5.74) is 7.37. The molecule has 1 fully saturated rings. The van der Waals surface area contributed by atoms with E-state index in [0.717, 1.165) is 37.2 Å². The van der Waals surface area contributed by atoms with Crippen molar-refractivity contribution in [2.75, 3.05) is 19.6 Å². The zero-order valence-corrected chi connectivity index (χ0v) is 9.65. The van der Waals surface area contributed by atoms with Crippen molar-refractivity contribution < 1.29 is 4.79 Å². The summed E-state index contributed by atoms with van der Waals surface area (Å²) in [4.78, 5) is 14.0. The highest BCUT2D eigenvalue weighted by Crippen LogP contribution is 2.21. The van der Waals surface area contributed by atoms with Gasteiger partial charge in [-0.1, -0.05) is 18.2 Å². The largest absolute Gasteiger partial charge is 0.338 e. The molecule has 1 aromatic carbocycles. The molecular formula is C13H18N2O. The van der Waals surface area contributed by atoms with Crippen molar-refractivity contribution in [2.24, 2.45) is 11.7 Å². The van der Waals surface area contributed by atoms with Crippen molar-refractivity contribution in [3.63, 3.8) is 0 Å². The zero-order chi connectivity index (χ0) is 11.5. The molecule has 16 heavy (non-hydrogen) atoms. The Morgan fingerprint density at radius 2 is 2.12 bits per heavy atom. The highest BCUT2D eigenvalue weighted by atomic mass is 16.2. The van der Waals surface area contributed by atoms with E-state index in [4.69, 9.17) is 5.73 Å². The van der Waals surface area contributed by atoms with E-state index in [0.29, 0.717) is 5.92 Å². The van der Waals surface area contributed by atoms with Gasteiger partial charge in [-0.15, -0.1) is 0 Å². The molecule has 0 radical (unpaired) electrons. The maximum atomic E-state index is 12.1. The minimum absolute atomic E-state index is 0.159. The van der Waals surface area contributed by atoms with Crippen LogP contribution in [0.2, 0.25) is 0 Å². The van der Waals surface area contributed by atoms with Gasteiger partial charge in [-0.05, 0) is 37.4 Å². The fraction of sp³-hybridized carbons (Fsp3) is 0.462. The summed E-state index contributed by atoms with van der Waals surface area (Å²) < 4.78 is 0. The van der Waals surface area contributed by atoms with Crippen molar-refractivity contribution in [1.82, 2.24) is 4.90 Å². The quantitative estimate of drug-likeness (QED) is 0.834. The third kappa shape index (κ3) is 2.09. The molecule has 3 nitrogen and oxygen atoms in total. The van der Waals surface area contributed by atoms with Gasteiger partial charge in [-0.3, -0.25) is 4.79 Å². The van der Waals surface area contributed by atoms with Crippen LogP contribution in [-0.4, -0.2) is 30.4 Å². The highest BCUT2D eigenvalue weighted by molar-refractivity contribution is 5.96. The van der Waals surface area contributed by atoms with Gasteiger partial charge in [0.1, 0.15) is 0 Å². The number of amides is 1. The molecule has 1 aliphatic rings. The Morgan fingerprint density at radius 3 is 2.75 bits per heavy atom. The molecule has 2 N–H and O–H groups in total. The van der Waals surface area contributed by atoms with E-state index < -0.39 is 0 Å². The van der Waals surface area contributed by atoms with E-state index in [-0.39, 0.29) is 5.91 Å². The summed E-state index contributed by atoms with van der Waals surface area (Å²) in [5, 5.41) is 0. The maximum absolute atomic E-state index is 12.1. The molecular weight excluding hydrogens is 200 g/mol. The van der Waals surface area contributed by atoms with Crippen molar-refractivity contribution in [2.45, 2.75) is 13.3 Å². The smallest absolute Gasteiger partial charge is 0.254 e. The lowest BCUT2D eigenvalue weighted by Gasteiger charge is -2.39.